The molecule has 3 aromatic rings. The lowest BCUT2D eigenvalue weighted by Crippen LogP contribution is -2.37. The van der Waals surface area contributed by atoms with Gasteiger partial charge in [-0.3, -0.25) is 10.2 Å². The van der Waals surface area contributed by atoms with Gasteiger partial charge in [-0.2, -0.15) is 0 Å². The van der Waals surface area contributed by atoms with Gasteiger partial charge in [-0.1, -0.05) is 80.6 Å². The van der Waals surface area contributed by atoms with Crippen molar-refractivity contribution in [1.82, 2.24) is 11.0 Å². The van der Waals surface area contributed by atoms with E-state index in [0.29, 0.717) is 28.9 Å². The molecular weight excluding hydrogens is 404 g/mol. The molecule has 1 amide bonds. The van der Waals surface area contributed by atoms with Crippen LogP contribution in [-0.2, 0) is 4.84 Å². The summed E-state index contributed by atoms with van der Waals surface area (Å²) in [6.45, 7) is 9.46. The summed E-state index contributed by atoms with van der Waals surface area (Å²) in [4.78, 5) is 18.0. The molecule has 1 heterocycles. The molecule has 0 unspecified atom stereocenters. The average Bonchev–Trinajstić information content (AvgIpc) is 3.23. The van der Waals surface area contributed by atoms with Gasteiger partial charge in [0.05, 0.1) is 12.5 Å². The molecule has 2 aromatic carbocycles. The number of ether oxygens (including phenoxy) is 1. The second-order valence-electron chi connectivity index (χ2n) is 6.32. The minimum absolute atomic E-state index is 0.0578. The summed E-state index contributed by atoms with van der Waals surface area (Å²) >= 11 is 0. The lowest BCUT2D eigenvalue weighted by atomic mass is 10.0. The lowest BCUT2D eigenvalue weighted by Gasteiger charge is -2.09. The molecule has 0 saturated heterocycles. The molecule has 0 fully saturated rings. The Bertz CT molecular complexity index is 1080. The van der Waals surface area contributed by atoms with E-state index in [-0.39, 0.29) is 5.76 Å². The fourth-order valence-corrected chi connectivity index (χ4v) is 2.93. The molecular formula is C26H30N2O4. The van der Waals surface area contributed by atoms with Crippen LogP contribution in [-0.4, -0.2) is 13.0 Å². The highest BCUT2D eigenvalue weighted by molar-refractivity contribution is 6.02. The van der Waals surface area contributed by atoms with Crippen molar-refractivity contribution in [1.29, 1.82) is 0 Å². The third-order valence-corrected chi connectivity index (χ3v) is 4.42. The fraction of sp³-hybridized carbons (Fsp3) is 0.192. The van der Waals surface area contributed by atoms with Crippen LogP contribution in [0.25, 0.3) is 22.1 Å². The second-order valence-corrected chi connectivity index (χ2v) is 6.32. The van der Waals surface area contributed by atoms with Crippen molar-refractivity contribution in [3.05, 3.63) is 90.9 Å². The van der Waals surface area contributed by atoms with E-state index in [1.807, 2.05) is 81.5 Å². The van der Waals surface area contributed by atoms with Crippen molar-refractivity contribution in [2.75, 3.05) is 7.11 Å². The van der Waals surface area contributed by atoms with Crippen LogP contribution >= 0.6 is 0 Å². The van der Waals surface area contributed by atoms with Crippen LogP contribution in [0.15, 0.2) is 89.6 Å². The molecule has 0 atom stereocenters. The van der Waals surface area contributed by atoms with Gasteiger partial charge in [0, 0.05) is 6.42 Å². The predicted molar refractivity (Wildman–Crippen MR) is 129 cm³/mol. The zero-order chi connectivity index (χ0) is 23.3. The Morgan fingerprint density at radius 2 is 1.88 bits per heavy atom. The van der Waals surface area contributed by atoms with Crippen molar-refractivity contribution < 1.29 is 18.8 Å². The molecule has 0 aliphatic carbocycles. The second kappa shape index (κ2) is 12.8. The first-order chi connectivity index (χ1) is 15.7. The van der Waals surface area contributed by atoms with Gasteiger partial charge in [0.1, 0.15) is 11.3 Å². The topological polar surface area (TPSA) is 72.7 Å². The molecule has 0 bridgehead atoms. The summed E-state index contributed by atoms with van der Waals surface area (Å²) in [6, 6.07) is 15.7. The Labute approximate surface area is 189 Å². The number of furan rings is 1. The summed E-state index contributed by atoms with van der Waals surface area (Å²) in [5.74, 6) is 0.545. The number of rotatable bonds is 9. The number of carbonyl (C=O) groups is 1. The van der Waals surface area contributed by atoms with Gasteiger partial charge in [-0.05, 0) is 36.3 Å². The number of hydrogen-bond donors (Lipinski definition) is 2. The molecule has 0 aliphatic heterocycles. The van der Waals surface area contributed by atoms with E-state index in [0.717, 1.165) is 11.1 Å². The number of benzene rings is 2. The fourth-order valence-electron chi connectivity index (χ4n) is 2.93. The van der Waals surface area contributed by atoms with E-state index in [9.17, 15) is 4.79 Å². The number of amides is 1. The van der Waals surface area contributed by atoms with Crippen molar-refractivity contribution in [3.8, 4) is 16.9 Å². The van der Waals surface area contributed by atoms with E-state index in [4.69, 9.17) is 14.0 Å². The molecule has 3 rings (SSSR count). The Morgan fingerprint density at radius 3 is 2.53 bits per heavy atom. The molecule has 168 valence electrons. The van der Waals surface area contributed by atoms with Gasteiger partial charge in [0.15, 0.2) is 5.75 Å². The number of fused-ring (bicyclic) bond motifs is 1. The molecule has 0 spiro atoms. The monoisotopic (exact) mass is 434 g/mol. The highest BCUT2D eigenvalue weighted by Crippen LogP contribution is 2.35. The van der Waals surface area contributed by atoms with E-state index in [2.05, 4.69) is 17.6 Å². The summed E-state index contributed by atoms with van der Waals surface area (Å²) in [6.07, 6.45) is 7.73. The first-order valence-electron chi connectivity index (χ1n) is 10.5. The smallest absolute Gasteiger partial charge is 0.307 e. The van der Waals surface area contributed by atoms with E-state index in [1.165, 1.54) is 7.11 Å². The molecule has 6 heteroatoms. The number of hydrogen-bond acceptors (Lipinski definition) is 5. The highest BCUT2D eigenvalue weighted by Gasteiger charge is 2.22. The van der Waals surface area contributed by atoms with Gasteiger partial charge < -0.3 is 14.0 Å². The number of nitrogens with one attached hydrogen (secondary N) is 2. The van der Waals surface area contributed by atoms with Crippen molar-refractivity contribution in [2.24, 2.45) is 0 Å². The Balaban J connectivity index is 0.00000176. The van der Waals surface area contributed by atoms with E-state index < -0.39 is 5.91 Å². The number of carbonyl (C=O) groups excluding carboxylic acids is 1. The van der Waals surface area contributed by atoms with Crippen LogP contribution in [0, 0.1) is 0 Å². The van der Waals surface area contributed by atoms with Crippen molar-refractivity contribution in [3.63, 3.8) is 0 Å². The third kappa shape index (κ3) is 6.12. The maximum Gasteiger partial charge on any atom is 0.307 e. The molecule has 0 aliphatic rings. The zero-order valence-electron chi connectivity index (χ0n) is 19.0. The van der Waals surface area contributed by atoms with Crippen LogP contribution < -0.4 is 15.8 Å². The van der Waals surface area contributed by atoms with Gasteiger partial charge >= 0.3 is 5.91 Å². The van der Waals surface area contributed by atoms with Crippen LogP contribution in [0.4, 0.5) is 0 Å². The minimum atomic E-state index is -0.513. The molecule has 6 nitrogen and oxygen atoms in total. The average molecular weight is 435 g/mol. The molecule has 0 saturated carbocycles. The SMILES string of the molecule is C=C/C=C\C/C(=C\C)ONNC(=O)c1oc2ccc(-c3ccccc3)cc2c1OC.CC. The highest BCUT2D eigenvalue weighted by atomic mass is 16.7. The summed E-state index contributed by atoms with van der Waals surface area (Å²) < 4.78 is 11.2. The summed E-state index contributed by atoms with van der Waals surface area (Å²) in [7, 11) is 1.50. The minimum Gasteiger partial charge on any atom is -0.492 e. The third-order valence-electron chi connectivity index (χ3n) is 4.42. The number of hydrazine groups is 1. The molecule has 1 aromatic heterocycles. The predicted octanol–water partition coefficient (Wildman–Crippen LogP) is 6.34. The van der Waals surface area contributed by atoms with Crippen LogP contribution in [0.3, 0.4) is 0 Å². The maximum absolute atomic E-state index is 12.6. The first kappa shape index (κ1) is 24.5. The van der Waals surface area contributed by atoms with Gasteiger partial charge in [-0.25, -0.2) is 0 Å². The standard InChI is InChI=1S/C24H24N2O4.C2H6/c1-4-6-8-13-19(5-2)30-26-25-24(27)23-22(28-3)20-16-18(14-15-21(20)29-23)17-11-9-7-10-12-17;1-2/h4-12,14-16,26H,1,13H2,2-3H3,(H,25,27);1-2H3/b8-6-,19-5+;. The normalized spacial score (nSPS) is 11.1. The van der Waals surface area contributed by atoms with E-state index >= 15 is 0 Å². The Hall–Kier alpha value is -3.77. The number of methoxy groups -OCH3 is 1. The van der Waals surface area contributed by atoms with Gasteiger partial charge in [0.2, 0.25) is 5.76 Å². The first-order valence-corrected chi connectivity index (χ1v) is 10.5. The Kier molecular flexibility index (Phi) is 9.81. The van der Waals surface area contributed by atoms with Crippen LogP contribution in [0.1, 0.15) is 37.7 Å². The van der Waals surface area contributed by atoms with Crippen LogP contribution in [0.2, 0.25) is 0 Å². The summed E-state index contributed by atoms with van der Waals surface area (Å²) in [5.41, 5.74) is 7.54. The molecule has 32 heavy (non-hydrogen) atoms. The maximum atomic E-state index is 12.6. The number of allylic oxidation sites excluding steroid dienone is 4. The quantitative estimate of drug-likeness (QED) is 0.234. The molecule has 0 radical (unpaired) electrons. The molecule has 2 N–H and O–H groups in total. The largest absolute Gasteiger partial charge is 0.492 e. The van der Waals surface area contributed by atoms with E-state index in [1.54, 1.807) is 12.2 Å². The van der Waals surface area contributed by atoms with Gasteiger partial charge in [0.25, 0.3) is 0 Å². The van der Waals surface area contributed by atoms with Crippen molar-refractivity contribution in [2.45, 2.75) is 27.2 Å². The Morgan fingerprint density at radius 1 is 1.12 bits per heavy atom. The van der Waals surface area contributed by atoms with Crippen LogP contribution in [0.5, 0.6) is 5.75 Å². The zero-order valence-corrected chi connectivity index (χ0v) is 19.0. The van der Waals surface area contributed by atoms with Crippen molar-refractivity contribution >= 4 is 16.9 Å². The summed E-state index contributed by atoms with van der Waals surface area (Å²) in [5, 5.41) is 0.716. The van der Waals surface area contributed by atoms with Gasteiger partial charge in [-0.15, -0.1) is 0 Å². The lowest BCUT2D eigenvalue weighted by molar-refractivity contribution is 0.0500.